The molecule has 0 saturated carbocycles. The van der Waals surface area contributed by atoms with Crippen molar-refractivity contribution in [2.75, 3.05) is 0 Å². The van der Waals surface area contributed by atoms with Crippen molar-refractivity contribution in [1.29, 1.82) is 0 Å². The van der Waals surface area contributed by atoms with Crippen molar-refractivity contribution >= 4 is 0 Å². The lowest BCUT2D eigenvalue weighted by Crippen LogP contribution is -2.03. The van der Waals surface area contributed by atoms with Gasteiger partial charge < -0.3 is 0 Å². The highest BCUT2D eigenvalue weighted by Gasteiger charge is 2.08. The lowest BCUT2D eigenvalue weighted by atomic mass is 10.1. The first-order valence-electron chi connectivity index (χ1n) is 4.84. The van der Waals surface area contributed by atoms with E-state index in [-0.39, 0.29) is 17.6 Å². The maximum Gasteiger partial charge on any atom is 0.189 e. The topological polar surface area (TPSA) is 30.7 Å². The highest BCUT2D eigenvalue weighted by atomic mass is 19.1. The first-order valence-corrected chi connectivity index (χ1v) is 4.84. The summed E-state index contributed by atoms with van der Waals surface area (Å²) in [5, 5.41) is 3.94. The second-order valence-corrected chi connectivity index (χ2v) is 3.68. The van der Waals surface area contributed by atoms with Crippen molar-refractivity contribution in [3.8, 4) is 5.82 Å². The van der Waals surface area contributed by atoms with Crippen LogP contribution in [0.3, 0.4) is 0 Å². The molecule has 0 aliphatic carbocycles. The average molecular weight is 205 g/mol. The Morgan fingerprint density at radius 1 is 1.40 bits per heavy atom. The molecule has 0 saturated heterocycles. The fourth-order valence-corrected chi connectivity index (χ4v) is 1.32. The van der Waals surface area contributed by atoms with Crippen LogP contribution in [0.5, 0.6) is 0 Å². The average Bonchev–Trinajstić information content (AvgIpc) is 2.70. The number of rotatable bonds is 2. The van der Waals surface area contributed by atoms with Crippen LogP contribution in [0.1, 0.15) is 25.3 Å². The summed E-state index contributed by atoms with van der Waals surface area (Å²) >= 11 is 0. The SMILES string of the molecule is CC(C)c1cnc(-n2cccn2)c(F)c1. The van der Waals surface area contributed by atoms with Gasteiger partial charge in [0.25, 0.3) is 0 Å². The lowest BCUT2D eigenvalue weighted by molar-refractivity contribution is 0.595. The molecule has 4 heteroatoms. The summed E-state index contributed by atoms with van der Waals surface area (Å²) in [4.78, 5) is 4.07. The van der Waals surface area contributed by atoms with E-state index >= 15 is 0 Å². The van der Waals surface area contributed by atoms with Gasteiger partial charge in [-0.2, -0.15) is 5.10 Å². The van der Waals surface area contributed by atoms with Crippen molar-refractivity contribution in [1.82, 2.24) is 14.8 Å². The molecule has 0 unspecified atom stereocenters. The largest absolute Gasteiger partial charge is 0.234 e. The molecule has 15 heavy (non-hydrogen) atoms. The van der Waals surface area contributed by atoms with E-state index in [0.29, 0.717) is 0 Å². The van der Waals surface area contributed by atoms with E-state index in [2.05, 4.69) is 10.1 Å². The molecule has 0 radical (unpaired) electrons. The van der Waals surface area contributed by atoms with Gasteiger partial charge in [0.1, 0.15) is 0 Å². The van der Waals surface area contributed by atoms with E-state index in [1.807, 2.05) is 13.8 Å². The van der Waals surface area contributed by atoms with Gasteiger partial charge in [0.2, 0.25) is 0 Å². The van der Waals surface area contributed by atoms with Crippen molar-refractivity contribution in [3.63, 3.8) is 0 Å². The number of nitrogens with zero attached hydrogens (tertiary/aromatic N) is 3. The van der Waals surface area contributed by atoms with Crippen LogP contribution in [0, 0.1) is 5.82 Å². The number of hydrogen-bond donors (Lipinski definition) is 0. The van der Waals surface area contributed by atoms with Crippen LogP contribution in [0.4, 0.5) is 4.39 Å². The second kappa shape index (κ2) is 3.81. The molecule has 78 valence electrons. The number of halogens is 1. The maximum absolute atomic E-state index is 13.7. The Balaban J connectivity index is 2.44. The van der Waals surface area contributed by atoms with Crippen LogP contribution in [0.15, 0.2) is 30.7 Å². The number of aromatic nitrogens is 3. The molecule has 0 amide bonds. The van der Waals surface area contributed by atoms with E-state index in [1.54, 1.807) is 24.7 Å². The molecule has 3 nitrogen and oxygen atoms in total. The third-order valence-corrected chi connectivity index (χ3v) is 2.23. The Labute approximate surface area is 87.6 Å². The summed E-state index contributed by atoms with van der Waals surface area (Å²) in [7, 11) is 0. The monoisotopic (exact) mass is 205 g/mol. The lowest BCUT2D eigenvalue weighted by Gasteiger charge is -2.07. The van der Waals surface area contributed by atoms with Gasteiger partial charge in [0.05, 0.1) is 0 Å². The van der Waals surface area contributed by atoms with E-state index in [4.69, 9.17) is 0 Å². The van der Waals surface area contributed by atoms with Crippen LogP contribution in [0.25, 0.3) is 5.82 Å². The minimum absolute atomic E-state index is 0.240. The third-order valence-electron chi connectivity index (χ3n) is 2.23. The Morgan fingerprint density at radius 3 is 2.73 bits per heavy atom. The predicted octanol–water partition coefficient (Wildman–Crippen LogP) is 2.53. The quantitative estimate of drug-likeness (QED) is 0.754. The summed E-state index contributed by atoms with van der Waals surface area (Å²) < 4.78 is 15.1. The number of hydrogen-bond acceptors (Lipinski definition) is 2. The van der Waals surface area contributed by atoms with Crippen molar-refractivity contribution in [2.24, 2.45) is 0 Å². The molecule has 2 rings (SSSR count). The van der Waals surface area contributed by atoms with Crippen molar-refractivity contribution in [2.45, 2.75) is 19.8 Å². The van der Waals surface area contributed by atoms with Gasteiger partial charge in [-0.05, 0) is 23.6 Å². The molecule has 0 spiro atoms. The standard InChI is InChI=1S/C11H12FN3/c1-8(2)9-6-10(12)11(13-7-9)15-5-3-4-14-15/h3-8H,1-2H3. The zero-order chi connectivity index (χ0) is 10.8. The molecule has 0 bridgehead atoms. The molecule has 0 aromatic carbocycles. The molecule has 2 heterocycles. The van der Waals surface area contributed by atoms with Gasteiger partial charge in [-0.25, -0.2) is 14.1 Å². The van der Waals surface area contributed by atoms with Crippen molar-refractivity contribution < 1.29 is 4.39 Å². The summed E-state index contributed by atoms with van der Waals surface area (Å²) in [5.41, 5.74) is 0.892. The minimum atomic E-state index is -0.343. The van der Waals surface area contributed by atoms with Crippen LogP contribution in [0.2, 0.25) is 0 Å². The molecule has 0 atom stereocenters. The molecule has 0 fully saturated rings. The van der Waals surface area contributed by atoms with E-state index in [9.17, 15) is 4.39 Å². The van der Waals surface area contributed by atoms with Crippen LogP contribution in [-0.2, 0) is 0 Å². The summed E-state index contributed by atoms with van der Waals surface area (Å²) in [5.74, 6) is 0.174. The van der Waals surface area contributed by atoms with Gasteiger partial charge in [0, 0.05) is 18.6 Å². The fraction of sp³-hybridized carbons (Fsp3) is 0.273. The Hall–Kier alpha value is -1.71. The third kappa shape index (κ3) is 1.88. The molecular formula is C11H12FN3. The Bertz CT molecular complexity index is 449. The molecular weight excluding hydrogens is 193 g/mol. The summed E-state index contributed by atoms with van der Waals surface area (Å²) in [6.45, 7) is 4.01. The summed E-state index contributed by atoms with van der Waals surface area (Å²) in [6.07, 6.45) is 4.95. The summed E-state index contributed by atoms with van der Waals surface area (Å²) in [6, 6.07) is 3.24. The highest BCUT2D eigenvalue weighted by Crippen LogP contribution is 2.17. The van der Waals surface area contributed by atoms with E-state index in [0.717, 1.165) is 5.56 Å². The second-order valence-electron chi connectivity index (χ2n) is 3.68. The van der Waals surface area contributed by atoms with Gasteiger partial charge in [0.15, 0.2) is 11.6 Å². The van der Waals surface area contributed by atoms with Gasteiger partial charge in [-0.15, -0.1) is 0 Å². The first-order chi connectivity index (χ1) is 7.18. The van der Waals surface area contributed by atoms with Crippen molar-refractivity contribution in [3.05, 3.63) is 42.1 Å². The first kappa shape index (κ1) is 9.83. The number of pyridine rings is 1. The Kier molecular flexibility index (Phi) is 2.49. The smallest absolute Gasteiger partial charge is 0.189 e. The van der Waals surface area contributed by atoms with Crippen LogP contribution >= 0.6 is 0 Å². The van der Waals surface area contributed by atoms with Gasteiger partial charge in [-0.1, -0.05) is 13.8 Å². The fourth-order valence-electron chi connectivity index (χ4n) is 1.32. The highest BCUT2D eigenvalue weighted by molar-refractivity contribution is 5.28. The Morgan fingerprint density at radius 2 is 2.20 bits per heavy atom. The normalized spacial score (nSPS) is 10.9. The molecule has 2 aromatic heterocycles. The molecule has 0 N–H and O–H groups in total. The molecule has 0 aliphatic heterocycles. The predicted molar refractivity (Wildman–Crippen MR) is 55.4 cm³/mol. The van der Waals surface area contributed by atoms with E-state index in [1.165, 1.54) is 10.7 Å². The van der Waals surface area contributed by atoms with Crippen LogP contribution in [-0.4, -0.2) is 14.8 Å². The zero-order valence-electron chi connectivity index (χ0n) is 8.68. The minimum Gasteiger partial charge on any atom is -0.234 e. The van der Waals surface area contributed by atoms with Gasteiger partial charge >= 0.3 is 0 Å². The maximum atomic E-state index is 13.7. The van der Waals surface area contributed by atoms with Gasteiger partial charge in [-0.3, -0.25) is 0 Å². The molecule has 2 aromatic rings. The van der Waals surface area contributed by atoms with Crippen LogP contribution < -0.4 is 0 Å². The zero-order valence-corrected chi connectivity index (χ0v) is 8.68. The molecule has 0 aliphatic rings. The van der Waals surface area contributed by atoms with E-state index < -0.39 is 0 Å².